The summed E-state index contributed by atoms with van der Waals surface area (Å²) in [7, 11) is -4.87. The van der Waals surface area contributed by atoms with Crippen molar-refractivity contribution in [2.45, 2.75) is 74.3 Å². The molecule has 0 amide bonds. The fraction of sp³-hybridized carbons (Fsp3) is 1.00. The molecule has 1 aliphatic heterocycles. The fourth-order valence-corrected chi connectivity index (χ4v) is 7.25. The number of hydrogen-bond acceptors (Lipinski definition) is 4. The van der Waals surface area contributed by atoms with Crippen molar-refractivity contribution in [3.8, 4) is 0 Å². The highest BCUT2D eigenvalue weighted by molar-refractivity contribution is 7.91. The summed E-state index contributed by atoms with van der Waals surface area (Å²) in [6.45, 7) is 4.56. The van der Waals surface area contributed by atoms with E-state index in [0.717, 1.165) is 38.5 Å². The Hall–Kier alpha value is -0.180. The van der Waals surface area contributed by atoms with E-state index in [-0.39, 0.29) is 6.04 Å². The third kappa shape index (κ3) is 2.85. The van der Waals surface area contributed by atoms with Crippen LogP contribution in [0, 0.1) is 0 Å². The van der Waals surface area contributed by atoms with Gasteiger partial charge in [0.15, 0.2) is 0 Å². The van der Waals surface area contributed by atoms with E-state index < -0.39 is 29.5 Å². The van der Waals surface area contributed by atoms with E-state index in [1.807, 2.05) is 6.92 Å². The van der Waals surface area contributed by atoms with E-state index in [0.29, 0.717) is 19.5 Å². The molecule has 0 aromatic carbocycles. The molecule has 1 saturated heterocycles. The quantitative estimate of drug-likeness (QED) is 0.741. The second-order valence-electron chi connectivity index (χ2n) is 7.91. The molecule has 8 heteroatoms. The minimum Gasteiger partial charge on any atom is -0.212 e. The molecule has 3 rings (SSSR count). The Kier molecular flexibility index (Phi) is 4.15. The molecule has 23 heavy (non-hydrogen) atoms. The first kappa shape index (κ1) is 17.6. The topological polar surface area (TPSA) is 74.8 Å². The summed E-state index contributed by atoms with van der Waals surface area (Å²) in [5, 5.41) is 0. The summed E-state index contributed by atoms with van der Waals surface area (Å²) in [4.78, 5) is 0. The van der Waals surface area contributed by atoms with Crippen LogP contribution in [0.1, 0.15) is 58.8 Å². The summed E-state index contributed by atoms with van der Waals surface area (Å²) in [6, 6.07) is -0.0929. The molecular weight excluding hydrogens is 336 g/mol. The monoisotopic (exact) mass is 364 g/mol. The predicted molar refractivity (Wildman–Crippen MR) is 90.1 cm³/mol. The van der Waals surface area contributed by atoms with Gasteiger partial charge in [0.25, 0.3) is 0 Å². The van der Waals surface area contributed by atoms with Gasteiger partial charge >= 0.3 is 0 Å². The van der Waals surface area contributed by atoms with Crippen molar-refractivity contribution in [2.75, 3.05) is 20.1 Å². The highest BCUT2D eigenvalue weighted by Crippen LogP contribution is 2.46. The molecule has 3 fully saturated rings. The maximum absolute atomic E-state index is 12.7. The van der Waals surface area contributed by atoms with Crippen molar-refractivity contribution in [3.63, 3.8) is 0 Å². The molecule has 0 aromatic rings. The number of hydrogen-bond donors (Lipinski definition) is 0. The maximum atomic E-state index is 12.7. The Labute approximate surface area is 140 Å². The van der Waals surface area contributed by atoms with Crippen LogP contribution in [0.4, 0.5) is 0 Å². The number of nitrogens with zero attached hydrogens (tertiary/aromatic N) is 2. The van der Waals surface area contributed by atoms with Crippen LogP contribution < -0.4 is 0 Å². The van der Waals surface area contributed by atoms with E-state index >= 15 is 0 Å². The van der Waals surface area contributed by atoms with Gasteiger partial charge in [-0.2, -0.15) is 0 Å². The third-order valence-electron chi connectivity index (χ3n) is 6.04. The second kappa shape index (κ2) is 5.41. The summed E-state index contributed by atoms with van der Waals surface area (Å²) >= 11 is 0. The standard InChI is InChI=1S/C15H28N2O4S2/c1-14(7-8-14)22(18,19)16(3)13-5-4-11-17(12-6-13)23(20,21)15(2)9-10-15/h13H,4-12H2,1-3H3. The first-order valence-corrected chi connectivity index (χ1v) is 11.4. The van der Waals surface area contributed by atoms with Crippen molar-refractivity contribution < 1.29 is 16.8 Å². The normalized spacial score (nSPS) is 30.9. The molecule has 0 aromatic heterocycles. The Morgan fingerprint density at radius 3 is 2.00 bits per heavy atom. The van der Waals surface area contributed by atoms with E-state index in [1.165, 1.54) is 4.31 Å². The van der Waals surface area contributed by atoms with Crippen LogP contribution in [0.2, 0.25) is 0 Å². The SMILES string of the molecule is CN(C1CCCN(S(=O)(=O)C2(C)CC2)CC1)S(=O)(=O)C1(C)CC1. The molecule has 2 aliphatic carbocycles. The van der Waals surface area contributed by atoms with Gasteiger partial charge in [-0.1, -0.05) is 0 Å². The molecule has 0 radical (unpaired) electrons. The van der Waals surface area contributed by atoms with Gasteiger partial charge in [-0.3, -0.25) is 0 Å². The third-order valence-corrected chi connectivity index (χ3v) is 11.5. The van der Waals surface area contributed by atoms with Crippen LogP contribution in [0.25, 0.3) is 0 Å². The zero-order valence-electron chi connectivity index (χ0n) is 14.3. The lowest BCUT2D eigenvalue weighted by atomic mass is 10.1. The van der Waals surface area contributed by atoms with Gasteiger partial charge in [0, 0.05) is 26.2 Å². The molecule has 6 nitrogen and oxygen atoms in total. The number of sulfonamides is 2. The highest BCUT2D eigenvalue weighted by Gasteiger charge is 2.54. The summed E-state index contributed by atoms with van der Waals surface area (Å²) in [5.74, 6) is 0. The molecule has 0 bridgehead atoms. The Balaban J connectivity index is 1.70. The number of rotatable bonds is 5. The van der Waals surface area contributed by atoms with Gasteiger partial charge in [-0.25, -0.2) is 25.4 Å². The average molecular weight is 365 g/mol. The zero-order chi connectivity index (χ0) is 17.1. The van der Waals surface area contributed by atoms with Crippen molar-refractivity contribution in [1.82, 2.24) is 8.61 Å². The first-order chi connectivity index (χ1) is 10.5. The predicted octanol–water partition coefficient (Wildman–Crippen LogP) is 1.54. The Bertz CT molecular complexity index is 678. The van der Waals surface area contributed by atoms with Gasteiger partial charge in [0.1, 0.15) is 0 Å². The fourth-order valence-electron chi connectivity index (χ4n) is 3.38. The van der Waals surface area contributed by atoms with Crippen molar-refractivity contribution in [2.24, 2.45) is 0 Å². The maximum Gasteiger partial charge on any atom is 0.219 e. The van der Waals surface area contributed by atoms with Gasteiger partial charge < -0.3 is 0 Å². The van der Waals surface area contributed by atoms with Crippen LogP contribution in [-0.4, -0.2) is 61.1 Å². The van der Waals surface area contributed by atoms with Gasteiger partial charge in [-0.15, -0.1) is 0 Å². The lowest BCUT2D eigenvalue weighted by Gasteiger charge is -2.29. The Morgan fingerprint density at radius 1 is 0.913 bits per heavy atom. The molecule has 2 saturated carbocycles. The van der Waals surface area contributed by atoms with Crippen LogP contribution in [0.15, 0.2) is 0 Å². The van der Waals surface area contributed by atoms with Crippen molar-refractivity contribution in [1.29, 1.82) is 0 Å². The molecular formula is C15H28N2O4S2. The van der Waals surface area contributed by atoms with Crippen molar-refractivity contribution >= 4 is 20.0 Å². The summed E-state index contributed by atoms with van der Waals surface area (Å²) in [5.41, 5.74) is 0. The molecule has 1 unspecified atom stereocenters. The van der Waals surface area contributed by atoms with Crippen LogP contribution in [0.3, 0.4) is 0 Å². The molecule has 134 valence electrons. The highest BCUT2D eigenvalue weighted by atomic mass is 32.2. The molecule has 0 N–H and O–H groups in total. The summed E-state index contributed by atoms with van der Waals surface area (Å²) in [6.07, 6.45) is 4.96. The second-order valence-corrected chi connectivity index (χ2v) is 12.9. The van der Waals surface area contributed by atoms with Gasteiger partial charge in [-0.05, 0) is 58.8 Å². The lowest BCUT2D eigenvalue weighted by Crippen LogP contribution is -2.44. The largest absolute Gasteiger partial charge is 0.219 e. The molecule has 1 atom stereocenters. The van der Waals surface area contributed by atoms with Gasteiger partial charge in [0.2, 0.25) is 20.0 Å². The molecule has 0 spiro atoms. The smallest absolute Gasteiger partial charge is 0.212 e. The van der Waals surface area contributed by atoms with Crippen molar-refractivity contribution in [3.05, 3.63) is 0 Å². The average Bonchev–Trinajstić information content (AvgIpc) is 3.35. The minimum absolute atomic E-state index is 0.0929. The van der Waals surface area contributed by atoms with E-state index in [9.17, 15) is 16.8 Å². The first-order valence-electron chi connectivity index (χ1n) is 8.51. The lowest BCUT2D eigenvalue weighted by molar-refractivity contribution is 0.330. The molecule has 3 aliphatic rings. The van der Waals surface area contributed by atoms with E-state index in [4.69, 9.17) is 0 Å². The van der Waals surface area contributed by atoms with E-state index in [1.54, 1.807) is 18.3 Å². The van der Waals surface area contributed by atoms with Crippen LogP contribution in [-0.2, 0) is 20.0 Å². The van der Waals surface area contributed by atoms with E-state index in [2.05, 4.69) is 0 Å². The Morgan fingerprint density at radius 2 is 1.48 bits per heavy atom. The summed E-state index contributed by atoms with van der Waals surface area (Å²) < 4.78 is 52.6. The van der Waals surface area contributed by atoms with Crippen LogP contribution in [0.5, 0.6) is 0 Å². The van der Waals surface area contributed by atoms with Gasteiger partial charge in [0.05, 0.1) is 9.49 Å². The zero-order valence-corrected chi connectivity index (χ0v) is 15.9. The van der Waals surface area contributed by atoms with Crippen LogP contribution >= 0.6 is 0 Å². The molecule has 1 heterocycles. The minimum atomic E-state index is -3.28.